The van der Waals surface area contributed by atoms with Gasteiger partial charge >= 0.3 is 6.18 Å². The molecule has 0 fully saturated rings. The lowest BCUT2D eigenvalue weighted by Crippen LogP contribution is -2.04. The second-order valence-electron chi connectivity index (χ2n) is 3.92. The first kappa shape index (κ1) is 13.7. The van der Waals surface area contributed by atoms with E-state index < -0.39 is 11.7 Å². The SMILES string of the molecule is COc1ccc(-c2cccc(C(F)(F)F)c2)c(Cl)c1. The summed E-state index contributed by atoms with van der Waals surface area (Å²) in [5, 5.41) is 0.346. The number of methoxy groups -OCH3 is 1. The summed E-state index contributed by atoms with van der Waals surface area (Å²) in [5.74, 6) is 0.556. The Morgan fingerprint density at radius 3 is 2.37 bits per heavy atom. The minimum Gasteiger partial charge on any atom is -0.497 e. The van der Waals surface area contributed by atoms with Crippen molar-refractivity contribution in [3.63, 3.8) is 0 Å². The molecule has 19 heavy (non-hydrogen) atoms. The number of ether oxygens (including phenoxy) is 1. The van der Waals surface area contributed by atoms with Crippen molar-refractivity contribution in [2.45, 2.75) is 6.18 Å². The van der Waals surface area contributed by atoms with Crippen LogP contribution < -0.4 is 4.74 Å². The van der Waals surface area contributed by atoms with E-state index in [-0.39, 0.29) is 0 Å². The molecule has 0 aliphatic carbocycles. The summed E-state index contributed by atoms with van der Waals surface area (Å²) in [4.78, 5) is 0. The molecule has 0 aromatic heterocycles. The topological polar surface area (TPSA) is 9.23 Å². The molecule has 100 valence electrons. The molecule has 0 spiro atoms. The largest absolute Gasteiger partial charge is 0.497 e. The lowest BCUT2D eigenvalue weighted by atomic mass is 10.0. The molecule has 0 radical (unpaired) electrons. The summed E-state index contributed by atoms with van der Waals surface area (Å²) in [6, 6.07) is 9.91. The zero-order valence-electron chi connectivity index (χ0n) is 9.96. The van der Waals surface area contributed by atoms with E-state index in [4.69, 9.17) is 16.3 Å². The van der Waals surface area contributed by atoms with E-state index in [0.29, 0.717) is 21.9 Å². The van der Waals surface area contributed by atoms with Crippen LogP contribution in [-0.2, 0) is 6.18 Å². The summed E-state index contributed by atoms with van der Waals surface area (Å²) in [7, 11) is 1.50. The fourth-order valence-electron chi connectivity index (χ4n) is 1.72. The average Bonchev–Trinajstić information content (AvgIpc) is 2.37. The molecule has 0 aliphatic heterocycles. The molecular formula is C14H10ClF3O. The first-order valence-electron chi connectivity index (χ1n) is 5.43. The van der Waals surface area contributed by atoms with E-state index >= 15 is 0 Å². The molecule has 2 rings (SSSR count). The Morgan fingerprint density at radius 2 is 1.79 bits per heavy atom. The van der Waals surface area contributed by atoms with Gasteiger partial charge in [0.2, 0.25) is 0 Å². The van der Waals surface area contributed by atoms with Gasteiger partial charge in [0.05, 0.1) is 17.7 Å². The highest BCUT2D eigenvalue weighted by molar-refractivity contribution is 6.33. The van der Waals surface area contributed by atoms with Gasteiger partial charge in [0.25, 0.3) is 0 Å². The molecular weight excluding hydrogens is 277 g/mol. The Bertz CT molecular complexity index is 593. The van der Waals surface area contributed by atoms with E-state index in [1.807, 2.05) is 0 Å². The Hall–Kier alpha value is -1.68. The van der Waals surface area contributed by atoms with Gasteiger partial charge in [-0.3, -0.25) is 0 Å². The summed E-state index contributed by atoms with van der Waals surface area (Å²) in [6.07, 6.45) is -4.37. The smallest absolute Gasteiger partial charge is 0.416 e. The minimum absolute atomic E-state index is 0.346. The standard InChI is InChI=1S/C14H10ClF3O/c1-19-11-5-6-12(13(15)8-11)9-3-2-4-10(7-9)14(16,17)18/h2-8H,1H3. The van der Waals surface area contributed by atoms with E-state index in [1.165, 1.54) is 13.2 Å². The third kappa shape index (κ3) is 3.01. The number of benzene rings is 2. The van der Waals surface area contributed by atoms with Crippen molar-refractivity contribution < 1.29 is 17.9 Å². The van der Waals surface area contributed by atoms with E-state index in [0.717, 1.165) is 12.1 Å². The van der Waals surface area contributed by atoms with Crippen molar-refractivity contribution in [2.24, 2.45) is 0 Å². The third-order valence-electron chi connectivity index (χ3n) is 2.68. The van der Waals surface area contributed by atoms with Crippen LogP contribution in [0.5, 0.6) is 5.75 Å². The highest BCUT2D eigenvalue weighted by Crippen LogP contribution is 2.35. The van der Waals surface area contributed by atoms with Crippen LogP contribution in [0, 0.1) is 0 Å². The molecule has 0 amide bonds. The van der Waals surface area contributed by atoms with Crippen LogP contribution >= 0.6 is 11.6 Å². The highest BCUT2D eigenvalue weighted by atomic mass is 35.5. The predicted molar refractivity (Wildman–Crippen MR) is 68.4 cm³/mol. The molecule has 5 heteroatoms. The number of alkyl halides is 3. The van der Waals surface area contributed by atoms with Gasteiger partial charge in [0, 0.05) is 5.56 Å². The zero-order valence-corrected chi connectivity index (χ0v) is 10.7. The molecule has 0 heterocycles. The molecule has 0 N–H and O–H groups in total. The second kappa shape index (κ2) is 5.13. The van der Waals surface area contributed by atoms with Crippen molar-refractivity contribution in [3.05, 3.63) is 53.1 Å². The van der Waals surface area contributed by atoms with Crippen LogP contribution in [0.1, 0.15) is 5.56 Å². The van der Waals surface area contributed by atoms with Gasteiger partial charge in [-0.1, -0.05) is 23.7 Å². The van der Waals surface area contributed by atoms with Crippen molar-refractivity contribution in [1.82, 2.24) is 0 Å². The number of halogens is 4. The van der Waals surface area contributed by atoms with Crippen molar-refractivity contribution in [1.29, 1.82) is 0 Å². The monoisotopic (exact) mass is 286 g/mol. The summed E-state index contributed by atoms with van der Waals surface area (Å²) in [5.41, 5.74) is 0.257. The molecule has 2 aromatic carbocycles. The van der Waals surface area contributed by atoms with Gasteiger partial charge in [-0.15, -0.1) is 0 Å². The van der Waals surface area contributed by atoms with Crippen molar-refractivity contribution in [3.8, 4) is 16.9 Å². The van der Waals surface area contributed by atoms with Crippen LogP contribution in [0.2, 0.25) is 5.02 Å². The minimum atomic E-state index is -4.37. The van der Waals surface area contributed by atoms with Crippen LogP contribution in [0.25, 0.3) is 11.1 Å². The van der Waals surface area contributed by atoms with E-state index in [9.17, 15) is 13.2 Å². The van der Waals surface area contributed by atoms with Crippen molar-refractivity contribution in [2.75, 3.05) is 7.11 Å². The summed E-state index contributed by atoms with van der Waals surface area (Å²) >= 11 is 6.05. The maximum Gasteiger partial charge on any atom is 0.416 e. The molecule has 2 aromatic rings. The van der Waals surface area contributed by atoms with Crippen LogP contribution in [-0.4, -0.2) is 7.11 Å². The Labute approximate surface area is 113 Å². The van der Waals surface area contributed by atoms with Gasteiger partial charge in [0.15, 0.2) is 0 Å². The zero-order chi connectivity index (χ0) is 14.0. The van der Waals surface area contributed by atoms with E-state index in [1.54, 1.807) is 24.3 Å². The highest BCUT2D eigenvalue weighted by Gasteiger charge is 2.30. The van der Waals surface area contributed by atoms with Gasteiger partial charge in [0.1, 0.15) is 5.75 Å². The number of hydrogen-bond donors (Lipinski definition) is 0. The maximum atomic E-state index is 12.6. The lowest BCUT2D eigenvalue weighted by Gasteiger charge is -2.10. The fourth-order valence-corrected chi connectivity index (χ4v) is 2.00. The first-order valence-corrected chi connectivity index (χ1v) is 5.81. The molecule has 0 bridgehead atoms. The van der Waals surface area contributed by atoms with Gasteiger partial charge in [-0.2, -0.15) is 13.2 Å². The molecule has 0 atom stereocenters. The Balaban J connectivity index is 2.48. The number of hydrogen-bond acceptors (Lipinski definition) is 1. The second-order valence-corrected chi connectivity index (χ2v) is 4.33. The molecule has 0 saturated carbocycles. The number of rotatable bonds is 2. The van der Waals surface area contributed by atoms with Gasteiger partial charge < -0.3 is 4.74 Å². The van der Waals surface area contributed by atoms with Crippen molar-refractivity contribution >= 4 is 11.6 Å². The Morgan fingerprint density at radius 1 is 1.05 bits per heavy atom. The normalized spacial score (nSPS) is 11.4. The molecule has 0 unspecified atom stereocenters. The van der Waals surface area contributed by atoms with Gasteiger partial charge in [-0.05, 0) is 35.9 Å². The van der Waals surface area contributed by atoms with Crippen LogP contribution in [0.15, 0.2) is 42.5 Å². The maximum absolute atomic E-state index is 12.6. The molecule has 0 saturated heterocycles. The molecule has 0 aliphatic rings. The predicted octanol–water partition coefficient (Wildman–Crippen LogP) is 5.03. The van der Waals surface area contributed by atoms with Gasteiger partial charge in [-0.25, -0.2) is 0 Å². The van der Waals surface area contributed by atoms with E-state index in [2.05, 4.69) is 0 Å². The quantitative estimate of drug-likeness (QED) is 0.752. The fraction of sp³-hybridized carbons (Fsp3) is 0.143. The van der Waals surface area contributed by atoms with Crippen LogP contribution in [0.4, 0.5) is 13.2 Å². The first-order chi connectivity index (χ1) is 8.91. The molecule has 1 nitrogen and oxygen atoms in total. The Kier molecular flexibility index (Phi) is 3.71. The lowest BCUT2D eigenvalue weighted by molar-refractivity contribution is -0.137. The third-order valence-corrected chi connectivity index (χ3v) is 2.99. The average molecular weight is 287 g/mol. The summed E-state index contributed by atoms with van der Waals surface area (Å²) < 4.78 is 42.9. The summed E-state index contributed by atoms with van der Waals surface area (Å²) in [6.45, 7) is 0. The van der Waals surface area contributed by atoms with Crippen LogP contribution in [0.3, 0.4) is 0 Å².